The lowest BCUT2D eigenvalue weighted by atomic mass is 10.0. The molecule has 3 fully saturated rings. The third kappa shape index (κ3) is 2.93. The predicted molar refractivity (Wildman–Crippen MR) is 73.0 cm³/mol. The van der Waals surface area contributed by atoms with E-state index in [0.29, 0.717) is 6.04 Å². The first-order valence-corrected chi connectivity index (χ1v) is 7.53. The van der Waals surface area contributed by atoms with Crippen molar-refractivity contribution in [3.8, 4) is 0 Å². The summed E-state index contributed by atoms with van der Waals surface area (Å²) in [6, 6.07) is 0.590. The van der Waals surface area contributed by atoms with E-state index >= 15 is 0 Å². The fourth-order valence-corrected chi connectivity index (χ4v) is 3.34. The van der Waals surface area contributed by atoms with Gasteiger partial charge in [-0.25, -0.2) is 0 Å². The standard InChI is InChI=1S/C14H25N3O2/c1-14(10-15-11-14)19-9-13(18)17-7-3-6-16-5-2-4-12(16)8-17/h12,15H,2-11H2,1H3. The van der Waals surface area contributed by atoms with Gasteiger partial charge < -0.3 is 15.0 Å². The summed E-state index contributed by atoms with van der Waals surface area (Å²) in [7, 11) is 0. The molecule has 3 aliphatic rings. The Labute approximate surface area is 115 Å². The number of nitrogens with one attached hydrogen (secondary N) is 1. The minimum absolute atomic E-state index is 0.124. The summed E-state index contributed by atoms with van der Waals surface area (Å²) in [6.07, 6.45) is 3.63. The van der Waals surface area contributed by atoms with Crippen LogP contribution in [0.15, 0.2) is 0 Å². The highest BCUT2D eigenvalue weighted by atomic mass is 16.5. The highest BCUT2D eigenvalue weighted by Gasteiger charge is 2.35. The molecule has 0 aliphatic carbocycles. The van der Waals surface area contributed by atoms with Gasteiger partial charge in [0.1, 0.15) is 6.61 Å². The number of rotatable bonds is 3. The molecule has 3 rings (SSSR count). The normalized spacial score (nSPS) is 30.6. The molecule has 1 amide bonds. The summed E-state index contributed by atoms with van der Waals surface area (Å²) in [5, 5.41) is 3.19. The molecule has 0 radical (unpaired) electrons. The average molecular weight is 267 g/mol. The number of ether oxygens (including phenoxy) is 1. The van der Waals surface area contributed by atoms with Crippen LogP contribution in [0.1, 0.15) is 26.2 Å². The minimum Gasteiger partial charge on any atom is -0.363 e. The number of hydrogen-bond donors (Lipinski definition) is 1. The van der Waals surface area contributed by atoms with E-state index in [-0.39, 0.29) is 18.1 Å². The van der Waals surface area contributed by atoms with Crippen molar-refractivity contribution in [2.75, 3.05) is 45.9 Å². The van der Waals surface area contributed by atoms with Crippen LogP contribution >= 0.6 is 0 Å². The molecule has 3 aliphatic heterocycles. The van der Waals surface area contributed by atoms with Crippen LogP contribution in [0.25, 0.3) is 0 Å². The van der Waals surface area contributed by atoms with E-state index in [1.165, 1.54) is 19.4 Å². The van der Waals surface area contributed by atoms with Gasteiger partial charge in [-0.2, -0.15) is 0 Å². The molecule has 3 saturated heterocycles. The van der Waals surface area contributed by atoms with Crippen molar-refractivity contribution in [1.29, 1.82) is 0 Å². The Balaban J connectivity index is 1.51. The van der Waals surface area contributed by atoms with Crippen molar-refractivity contribution in [3.05, 3.63) is 0 Å². The first-order valence-electron chi connectivity index (χ1n) is 7.53. The van der Waals surface area contributed by atoms with Crippen molar-refractivity contribution in [1.82, 2.24) is 15.1 Å². The molecule has 5 nitrogen and oxygen atoms in total. The molecule has 1 atom stereocenters. The summed E-state index contributed by atoms with van der Waals surface area (Å²) in [4.78, 5) is 16.9. The zero-order valence-corrected chi connectivity index (χ0v) is 11.9. The second-order valence-electron chi connectivity index (χ2n) is 6.37. The van der Waals surface area contributed by atoms with E-state index in [9.17, 15) is 4.79 Å². The Kier molecular flexibility index (Phi) is 3.78. The summed E-state index contributed by atoms with van der Waals surface area (Å²) in [5.74, 6) is 0.168. The van der Waals surface area contributed by atoms with Crippen LogP contribution in [0.3, 0.4) is 0 Å². The largest absolute Gasteiger partial charge is 0.363 e. The van der Waals surface area contributed by atoms with Gasteiger partial charge >= 0.3 is 0 Å². The molecule has 0 aromatic rings. The summed E-state index contributed by atoms with van der Waals surface area (Å²) >= 11 is 0. The van der Waals surface area contributed by atoms with Crippen molar-refractivity contribution >= 4 is 5.91 Å². The van der Waals surface area contributed by atoms with Crippen molar-refractivity contribution in [2.24, 2.45) is 0 Å². The maximum atomic E-state index is 12.3. The summed E-state index contributed by atoms with van der Waals surface area (Å²) in [5.41, 5.74) is -0.124. The Morgan fingerprint density at radius 1 is 1.32 bits per heavy atom. The Bertz CT molecular complexity index is 344. The topological polar surface area (TPSA) is 44.8 Å². The summed E-state index contributed by atoms with van der Waals surface area (Å²) < 4.78 is 5.77. The van der Waals surface area contributed by atoms with Gasteiger partial charge in [0.15, 0.2) is 0 Å². The second-order valence-corrected chi connectivity index (χ2v) is 6.37. The lowest BCUT2D eigenvalue weighted by Gasteiger charge is -2.39. The first kappa shape index (κ1) is 13.3. The molecule has 0 bridgehead atoms. The molecule has 1 N–H and O–H groups in total. The lowest BCUT2D eigenvalue weighted by Crippen LogP contribution is -2.59. The molecule has 0 aromatic carbocycles. The van der Waals surface area contributed by atoms with Gasteiger partial charge in [0, 0.05) is 38.8 Å². The number of nitrogens with zero attached hydrogens (tertiary/aromatic N) is 2. The van der Waals surface area contributed by atoms with Gasteiger partial charge in [0.05, 0.1) is 5.60 Å². The number of hydrogen-bond acceptors (Lipinski definition) is 4. The van der Waals surface area contributed by atoms with Crippen molar-refractivity contribution in [3.63, 3.8) is 0 Å². The zero-order valence-electron chi connectivity index (χ0n) is 11.9. The first-order chi connectivity index (χ1) is 9.16. The SMILES string of the molecule is CC1(OCC(=O)N2CCCN3CCCC3C2)CNC1. The average Bonchev–Trinajstić information content (AvgIpc) is 2.71. The molecule has 0 saturated carbocycles. The molecule has 3 heterocycles. The molecule has 19 heavy (non-hydrogen) atoms. The quantitative estimate of drug-likeness (QED) is 0.785. The Morgan fingerprint density at radius 3 is 2.84 bits per heavy atom. The van der Waals surface area contributed by atoms with Gasteiger partial charge in [0.25, 0.3) is 0 Å². The molecular formula is C14H25N3O2. The Hall–Kier alpha value is -0.650. The van der Waals surface area contributed by atoms with E-state index in [2.05, 4.69) is 17.1 Å². The van der Waals surface area contributed by atoms with E-state index < -0.39 is 0 Å². The number of carbonyl (C=O) groups is 1. The van der Waals surface area contributed by atoms with E-state index in [1.807, 2.05) is 4.90 Å². The van der Waals surface area contributed by atoms with Crippen LogP contribution in [0.2, 0.25) is 0 Å². The minimum atomic E-state index is -0.124. The van der Waals surface area contributed by atoms with E-state index in [0.717, 1.165) is 39.1 Å². The van der Waals surface area contributed by atoms with E-state index in [4.69, 9.17) is 4.74 Å². The smallest absolute Gasteiger partial charge is 0.248 e. The highest BCUT2D eigenvalue weighted by molar-refractivity contribution is 5.77. The second kappa shape index (κ2) is 5.38. The lowest BCUT2D eigenvalue weighted by molar-refractivity contribution is -0.146. The van der Waals surface area contributed by atoms with Crippen LogP contribution in [0.5, 0.6) is 0 Å². The number of amides is 1. The maximum Gasteiger partial charge on any atom is 0.248 e. The third-order valence-corrected chi connectivity index (χ3v) is 4.70. The summed E-state index contributed by atoms with van der Waals surface area (Å²) in [6.45, 7) is 8.18. The van der Waals surface area contributed by atoms with Crippen LogP contribution in [0, 0.1) is 0 Å². The molecule has 1 unspecified atom stereocenters. The number of fused-ring (bicyclic) bond motifs is 1. The van der Waals surface area contributed by atoms with Gasteiger partial charge in [-0.3, -0.25) is 9.69 Å². The van der Waals surface area contributed by atoms with Crippen molar-refractivity contribution in [2.45, 2.75) is 37.8 Å². The Morgan fingerprint density at radius 2 is 2.11 bits per heavy atom. The van der Waals surface area contributed by atoms with E-state index in [1.54, 1.807) is 0 Å². The van der Waals surface area contributed by atoms with Crippen LogP contribution in [-0.2, 0) is 9.53 Å². The monoisotopic (exact) mass is 267 g/mol. The molecule has 0 aromatic heterocycles. The van der Waals surface area contributed by atoms with Crippen LogP contribution in [0.4, 0.5) is 0 Å². The van der Waals surface area contributed by atoms with Crippen molar-refractivity contribution < 1.29 is 9.53 Å². The molecule has 5 heteroatoms. The highest BCUT2D eigenvalue weighted by Crippen LogP contribution is 2.22. The fourth-order valence-electron chi connectivity index (χ4n) is 3.34. The predicted octanol–water partition coefficient (Wildman–Crippen LogP) is 0.0616. The molecule has 108 valence electrons. The number of carbonyl (C=O) groups excluding carboxylic acids is 1. The molecular weight excluding hydrogens is 242 g/mol. The zero-order chi connectivity index (χ0) is 13.3. The van der Waals surface area contributed by atoms with Crippen LogP contribution in [-0.4, -0.2) is 73.2 Å². The van der Waals surface area contributed by atoms with Gasteiger partial charge in [-0.1, -0.05) is 0 Å². The van der Waals surface area contributed by atoms with Crippen LogP contribution < -0.4 is 5.32 Å². The van der Waals surface area contributed by atoms with Gasteiger partial charge in [0.2, 0.25) is 5.91 Å². The van der Waals surface area contributed by atoms with Gasteiger partial charge in [-0.05, 0) is 32.7 Å². The maximum absolute atomic E-state index is 12.3. The van der Waals surface area contributed by atoms with Gasteiger partial charge in [-0.15, -0.1) is 0 Å². The fraction of sp³-hybridized carbons (Fsp3) is 0.929. The third-order valence-electron chi connectivity index (χ3n) is 4.70. The molecule has 0 spiro atoms.